The maximum absolute atomic E-state index is 13.8. The number of hydrogen-bond donors (Lipinski definition) is 2. The largest absolute Gasteiger partial charge is 0.462 e. The average molecular weight is 559 g/mol. The summed E-state index contributed by atoms with van der Waals surface area (Å²) < 4.78 is 25.0. The van der Waals surface area contributed by atoms with E-state index in [4.69, 9.17) is 24.1 Å². The molecule has 3 saturated heterocycles. The number of ether oxygens (including phenoxy) is 4. The Balaban J connectivity index is 0.00000181. The molecule has 4 heterocycles. The molecule has 0 unspecified atom stereocenters. The van der Waals surface area contributed by atoms with Crippen LogP contribution in [0.25, 0.3) is 0 Å². The van der Waals surface area contributed by atoms with E-state index in [2.05, 4.69) is 39.8 Å². The Hall–Kier alpha value is -2.10. The van der Waals surface area contributed by atoms with Gasteiger partial charge in [0.25, 0.3) is 0 Å². The Kier molecular flexibility index (Phi) is 9.57. The number of carbonyl (C=O) groups excluding carboxylic acids is 2. The summed E-state index contributed by atoms with van der Waals surface area (Å²) in [5.41, 5.74) is 0.416. The van der Waals surface area contributed by atoms with Gasteiger partial charge in [-0.3, -0.25) is 9.59 Å². The summed E-state index contributed by atoms with van der Waals surface area (Å²) in [4.78, 5) is 26.7. The molecule has 9 atom stereocenters. The third-order valence-electron chi connectivity index (χ3n) is 9.11. The summed E-state index contributed by atoms with van der Waals surface area (Å²) in [6, 6.07) is 0. The van der Waals surface area contributed by atoms with Crippen LogP contribution in [0.2, 0.25) is 0 Å². The van der Waals surface area contributed by atoms with Crippen molar-refractivity contribution < 1.29 is 38.7 Å². The first-order valence-electron chi connectivity index (χ1n) is 14.6. The third kappa shape index (κ3) is 6.07. The van der Waals surface area contributed by atoms with Crippen molar-refractivity contribution in [1.29, 1.82) is 0 Å². The van der Waals surface area contributed by atoms with Crippen LogP contribution < -0.4 is 0 Å². The molecular weight excluding hydrogens is 512 g/mol. The number of rotatable bonds is 0. The Labute approximate surface area is 238 Å². The van der Waals surface area contributed by atoms with E-state index < -0.39 is 35.5 Å². The van der Waals surface area contributed by atoms with E-state index in [1.807, 2.05) is 6.08 Å². The van der Waals surface area contributed by atoms with Gasteiger partial charge in [0.2, 0.25) is 0 Å². The molecule has 0 aromatic carbocycles. The van der Waals surface area contributed by atoms with Crippen molar-refractivity contribution >= 4 is 11.8 Å². The molecule has 0 aromatic heterocycles. The van der Waals surface area contributed by atoms with Gasteiger partial charge in [-0.2, -0.15) is 0 Å². The van der Waals surface area contributed by atoms with Crippen LogP contribution in [0.1, 0.15) is 73.1 Å². The predicted octanol–water partition coefficient (Wildman–Crippen LogP) is 4.35. The van der Waals surface area contributed by atoms with Gasteiger partial charge in [-0.25, -0.2) is 0 Å². The van der Waals surface area contributed by atoms with Gasteiger partial charge in [-0.1, -0.05) is 49.8 Å². The number of esters is 1. The molecule has 5 aliphatic rings. The van der Waals surface area contributed by atoms with Crippen LogP contribution in [0.5, 0.6) is 0 Å². The number of hydrogen-bond acceptors (Lipinski definition) is 8. The summed E-state index contributed by atoms with van der Waals surface area (Å²) >= 11 is 0. The lowest BCUT2D eigenvalue weighted by Crippen LogP contribution is -2.57. The predicted molar refractivity (Wildman–Crippen MR) is 150 cm³/mol. The fourth-order valence-electron chi connectivity index (χ4n) is 6.70. The maximum Gasteiger partial charge on any atom is 0.316 e. The lowest BCUT2D eigenvalue weighted by molar-refractivity contribution is -0.332. The summed E-state index contributed by atoms with van der Waals surface area (Å²) in [5.74, 6) is -1.97. The lowest BCUT2D eigenvalue weighted by atomic mass is 9.71. The quantitative estimate of drug-likeness (QED) is 0.334. The van der Waals surface area contributed by atoms with Crippen molar-refractivity contribution in [2.45, 2.75) is 109 Å². The molecule has 40 heavy (non-hydrogen) atoms. The molecule has 1 spiro atoms. The monoisotopic (exact) mass is 558 g/mol. The van der Waals surface area contributed by atoms with Crippen molar-refractivity contribution in [3.63, 3.8) is 0 Å². The molecular formula is C32H46O8. The van der Waals surface area contributed by atoms with Gasteiger partial charge >= 0.3 is 5.97 Å². The van der Waals surface area contributed by atoms with Crippen LogP contribution in [0.3, 0.4) is 0 Å². The van der Waals surface area contributed by atoms with Crippen LogP contribution in [0, 0.1) is 17.8 Å². The Bertz CT molecular complexity index is 1090. The molecule has 3 fully saturated rings. The first-order valence-corrected chi connectivity index (χ1v) is 14.6. The second-order valence-electron chi connectivity index (χ2n) is 12.2. The molecule has 0 aromatic rings. The number of fused-ring (bicyclic) bond motifs is 2. The fraction of sp³-hybridized carbons (Fsp3) is 0.688. The van der Waals surface area contributed by atoms with Crippen LogP contribution in [-0.2, 0) is 28.5 Å². The van der Waals surface area contributed by atoms with Crippen molar-refractivity contribution in [3.8, 4) is 0 Å². The van der Waals surface area contributed by atoms with Crippen LogP contribution in [-0.4, -0.2) is 71.5 Å². The van der Waals surface area contributed by atoms with Crippen molar-refractivity contribution in [3.05, 3.63) is 47.1 Å². The van der Waals surface area contributed by atoms with Gasteiger partial charge in [0.15, 0.2) is 17.7 Å². The van der Waals surface area contributed by atoms with Gasteiger partial charge in [-0.15, -0.1) is 0 Å². The molecule has 2 N–H and O–H groups in total. The minimum atomic E-state index is -1.78. The minimum absolute atomic E-state index is 0.0429. The second-order valence-corrected chi connectivity index (χ2v) is 12.2. The molecule has 0 radical (unpaired) electrons. The standard InChI is InChI=1S/C31H42O7.CH4O/c1-18-7-6-8-23-17-35-28-27(32)21(4)14-26(31(23,28)34)29(33)36-25-15-24(10-9-19(2)13-18)38-30(16-25)12-11-20(3)22(5)37-30;1-2/h6-9,14,18,20,22,24-26,28,34H,10-13,15-17H2,1-5H3;2H,1H3/b7-6+,19-9+,23-8+;/t18-,20-,22+,24+,25-,26-,28+,30-,31+;/m0./s1. The number of ketones is 1. The molecule has 1 aliphatic carbocycles. The molecule has 5 rings (SSSR count). The van der Waals surface area contributed by atoms with Crippen molar-refractivity contribution in [1.82, 2.24) is 0 Å². The van der Waals surface area contributed by atoms with E-state index in [0.29, 0.717) is 36.3 Å². The lowest BCUT2D eigenvalue weighted by Gasteiger charge is -2.49. The Morgan fingerprint density at radius 2 is 1.80 bits per heavy atom. The van der Waals surface area contributed by atoms with E-state index in [-0.39, 0.29) is 30.5 Å². The minimum Gasteiger partial charge on any atom is -0.462 e. The first kappa shape index (κ1) is 30.8. The van der Waals surface area contributed by atoms with E-state index in [9.17, 15) is 14.7 Å². The fourth-order valence-corrected chi connectivity index (χ4v) is 6.70. The molecule has 8 heteroatoms. The van der Waals surface area contributed by atoms with Gasteiger partial charge in [0, 0.05) is 26.4 Å². The van der Waals surface area contributed by atoms with Gasteiger partial charge in [0.05, 0.1) is 18.8 Å². The van der Waals surface area contributed by atoms with Crippen molar-refractivity contribution in [2.75, 3.05) is 13.7 Å². The number of aliphatic hydroxyl groups excluding tert-OH is 1. The highest BCUT2D eigenvalue weighted by atomic mass is 16.7. The number of carbonyl (C=O) groups is 2. The summed E-state index contributed by atoms with van der Waals surface area (Å²) in [7, 11) is 1.00. The number of aliphatic hydroxyl groups is 2. The van der Waals surface area contributed by atoms with Crippen LogP contribution >= 0.6 is 0 Å². The summed E-state index contributed by atoms with van der Waals surface area (Å²) in [6.07, 6.45) is 12.2. The zero-order valence-corrected chi connectivity index (χ0v) is 24.7. The van der Waals surface area contributed by atoms with E-state index in [1.165, 1.54) is 5.57 Å². The molecule has 0 amide bonds. The third-order valence-corrected chi connectivity index (χ3v) is 9.11. The molecule has 8 nitrogen and oxygen atoms in total. The normalized spacial score (nSPS) is 45.5. The van der Waals surface area contributed by atoms with Gasteiger partial charge in [0.1, 0.15) is 17.6 Å². The summed E-state index contributed by atoms with van der Waals surface area (Å²) in [6.45, 7) is 10.3. The number of Topliss-reactive ketones (excluding diaryl/α,β-unsaturated/α-hetero) is 1. The van der Waals surface area contributed by atoms with Crippen LogP contribution in [0.4, 0.5) is 0 Å². The Morgan fingerprint density at radius 3 is 2.52 bits per heavy atom. The smallest absolute Gasteiger partial charge is 0.316 e. The molecule has 4 aliphatic heterocycles. The first-order chi connectivity index (χ1) is 19.0. The topological polar surface area (TPSA) is 112 Å². The SMILES string of the molecule is CC1=C[C@H]2C(=O)O[C@H]3C[C@@H](C/C=C(\C)C[C@@H](C)/C=C/C=C4\CO[C@H](C1=O)[C@@]42O)O[C@@]1(CC[C@H](C)[C@@H](C)O1)C3.CO. The van der Waals surface area contributed by atoms with Gasteiger partial charge < -0.3 is 29.2 Å². The number of allylic oxidation sites excluding steroid dienone is 4. The van der Waals surface area contributed by atoms with E-state index in [1.54, 1.807) is 19.1 Å². The van der Waals surface area contributed by atoms with Crippen LogP contribution in [0.15, 0.2) is 47.1 Å². The molecule has 2 bridgehead atoms. The average Bonchev–Trinajstić information content (AvgIpc) is 3.25. The molecule has 0 saturated carbocycles. The maximum atomic E-state index is 13.8. The van der Waals surface area contributed by atoms with E-state index in [0.717, 1.165) is 26.4 Å². The van der Waals surface area contributed by atoms with Crippen molar-refractivity contribution in [2.24, 2.45) is 17.8 Å². The van der Waals surface area contributed by atoms with Gasteiger partial charge in [-0.05, 0) is 63.0 Å². The second kappa shape index (κ2) is 12.4. The zero-order chi connectivity index (χ0) is 29.2. The Morgan fingerprint density at radius 1 is 1.05 bits per heavy atom. The zero-order valence-electron chi connectivity index (χ0n) is 24.7. The highest BCUT2D eigenvalue weighted by Crippen LogP contribution is 2.46. The molecule has 222 valence electrons. The van der Waals surface area contributed by atoms with E-state index >= 15 is 0 Å². The summed E-state index contributed by atoms with van der Waals surface area (Å²) in [5, 5.41) is 18.9. The highest BCUT2D eigenvalue weighted by Gasteiger charge is 2.60. The highest BCUT2D eigenvalue weighted by molar-refractivity contribution is 6.03.